The zero-order valence-electron chi connectivity index (χ0n) is 23.0. The van der Waals surface area contributed by atoms with E-state index in [1.807, 2.05) is 0 Å². The summed E-state index contributed by atoms with van der Waals surface area (Å²) in [5.41, 5.74) is 7.20. The second-order valence-electron chi connectivity index (χ2n) is 10.4. The van der Waals surface area contributed by atoms with E-state index in [0.29, 0.717) is 0 Å². The topological polar surface area (TPSA) is 0 Å². The van der Waals surface area contributed by atoms with Crippen LogP contribution in [0.15, 0.2) is 164 Å². The summed E-state index contributed by atoms with van der Waals surface area (Å²) < 4.78 is 0. The Bertz CT molecular complexity index is 1560. The average Bonchev–Trinajstić information content (AvgIpc) is 3.00. The van der Waals surface area contributed by atoms with Gasteiger partial charge in [-0.05, 0) is 66.0 Å². The molecule has 6 rings (SSSR count). The van der Waals surface area contributed by atoms with E-state index in [9.17, 15) is 0 Å². The summed E-state index contributed by atoms with van der Waals surface area (Å²) in [5, 5.41) is 4.11. The highest BCUT2D eigenvalue weighted by molar-refractivity contribution is 7.79. The van der Waals surface area contributed by atoms with Crippen LogP contribution in [0.4, 0.5) is 0 Å². The van der Waals surface area contributed by atoms with Crippen molar-refractivity contribution in [2.45, 2.75) is 19.3 Å². The smallest absolute Gasteiger partial charge is 0.0622 e. The lowest BCUT2D eigenvalue weighted by atomic mass is 9.65. The summed E-state index contributed by atoms with van der Waals surface area (Å²) in [6.45, 7) is 4.38. The largest absolute Gasteiger partial charge is 0.0701 e. The van der Waals surface area contributed by atoms with E-state index in [2.05, 4.69) is 178 Å². The Morgan fingerprint density at radius 1 is 0.350 bits per heavy atom. The predicted molar refractivity (Wildman–Crippen MR) is 173 cm³/mol. The van der Waals surface area contributed by atoms with Crippen molar-refractivity contribution in [1.82, 2.24) is 0 Å². The van der Waals surface area contributed by atoms with E-state index in [1.54, 1.807) is 0 Å². The van der Waals surface area contributed by atoms with Gasteiger partial charge in [-0.1, -0.05) is 169 Å². The molecule has 194 valence electrons. The van der Waals surface area contributed by atoms with Gasteiger partial charge in [0.15, 0.2) is 0 Å². The molecule has 6 aromatic rings. The molecule has 0 fully saturated rings. The van der Waals surface area contributed by atoms with Gasteiger partial charge in [-0.15, -0.1) is 0 Å². The van der Waals surface area contributed by atoms with Gasteiger partial charge in [-0.25, -0.2) is 0 Å². The normalized spacial score (nSPS) is 11.5. The third-order valence-electron chi connectivity index (χ3n) is 7.68. The van der Waals surface area contributed by atoms with Crippen LogP contribution in [-0.2, 0) is 5.41 Å². The van der Waals surface area contributed by atoms with Crippen LogP contribution in [0.25, 0.3) is 0 Å². The summed E-state index contributed by atoms with van der Waals surface area (Å²) in [6, 6.07) is 60.4. The molecule has 6 aromatic carbocycles. The zero-order valence-corrected chi connectivity index (χ0v) is 23.9. The highest BCUT2D eigenvalue weighted by Gasteiger charge is 2.38. The zero-order chi connectivity index (χ0) is 27.4. The Labute approximate surface area is 239 Å². The fourth-order valence-corrected chi connectivity index (χ4v) is 8.46. The minimum absolute atomic E-state index is 0.458. The third-order valence-corrected chi connectivity index (χ3v) is 10.1. The first kappa shape index (κ1) is 26.0. The van der Waals surface area contributed by atoms with Gasteiger partial charge in [0.2, 0.25) is 0 Å². The second-order valence-corrected chi connectivity index (χ2v) is 12.6. The average molecular weight is 533 g/mol. The van der Waals surface area contributed by atoms with E-state index < -0.39 is 13.3 Å². The van der Waals surface area contributed by atoms with Crippen molar-refractivity contribution in [3.8, 4) is 0 Å². The van der Waals surface area contributed by atoms with Crippen molar-refractivity contribution in [3.63, 3.8) is 0 Å². The molecule has 0 aliphatic rings. The maximum absolute atomic E-state index is 2.48. The molecule has 0 atom stereocenters. The number of hydrogen-bond donors (Lipinski definition) is 0. The monoisotopic (exact) mass is 532 g/mol. The minimum atomic E-state index is -0.748. The van der Waals surface area contributed by atoms with Gasteiger partial charge in [-0.3, -0.25) is 0 Å². The van der Waals surface area contributed by atoms with Crippen LogP contribution in [0.2, 0.25) is 0 Å². The molecule has 0 amide bonds. The van der Waals surface area contributed by atoms with Crippen molar-refractivity contribution in [1.29, 1.82) is 0 Å². The number of rotatable bonds is 7. The lowest BCUT2D eigenvalue weighted by Gasteiger charge is -2.37. The molecule has 0 radical (unpaired) electrons. The first-order chi connectivity index (χ1) is 19.7. The van der Waals surface area contributed by atoms with E-state index in [-0.39, 0.29) is 0 Å². The maximum Gasteiger partial charge on any atom is 0.0701 e. The highest BCUT2D eigenvalue weighted by Crippen LogP contribution is 2.45. The van der Waals surface area contributed by atoms with Crippen LogP contribution < -0.4 is 15.9 Å². The fourth-order valence-electron chi connectivity index (χ4n) is 5.92. The van der Waals surface area contributed by atoms with Crippen molar-refractivity contribution >= 4 is 23.8 Å². The Kier molecular flexibility index (Phi) is 7.45. The molecule has 0 saturated carbocycles. The molecule has 0 aliphatic heterocycles. The van der Waals surface area contributed by atoms with Crippen molar-refractivity contribution in [2.24, 2.45) is 0 Å². The molecule has 0 saturated heterocycles. The first-order valence-electron chi connectivity index (χ1n) is 13.9. The molecule has 0 N–H and O–H groups in total. The summed E-state index contributed by atoms with van der Waals surface area (Å²) in [6.07, 6.45) is 0. The SMILES string of the molecule is Cc1cccc(P(c2cccc(C)c2)c2cccc(C(c3ccccc3)(c3ccccc3)c3ccccc3)c2)c1. The van der Waals surface area contributed by atoms with Gasteiger partial charge < -0.3 is 0 Å². The van der Waals surface area contributed by atoms with Gasteiger partial charge in [0, 0.05) is 0 Å². The van der Waals surface area contributed by atoms with Gasteiger partial charge in [0.1, 0.15) is 0 Å². The predicted octanol–water partition coefficient (Wildman–Crippen LogP) is 8.44. The first-order valence-corrected chi connectivity index (χ1v) is 15.2. The summed E-state index contributed by atoms with van der Waals surface area (Å²) >= 11 is 0. The number of aryl methyl sites for hydroxylation is 2. The minimum Gasteiger partial charge on any atom is -0.0622 e. The van der Waals surface area contributed by atoms with Crippen molar-refractivity contribution in [3.05, 3.63) is 197 Å². The fraction of sp³-hybridized carbons (Fsp3) is 0.0769. The molecule has 0 heterocycles. The summed E-state index contributed by atoms with van der Waals surface area (Å²) in [7, 11) is -0.748. The van der Waals surface area contributed by atoms with Gasteiger partial charge in [-0.2, -0.15) is 0 Å². The molecule has 0 bridgehead atoms. The number of hydrogen-bond acceptors (Lipinski definition) is 0. The third kappa shape index (κ3) is 4.92. The molecule has 0 aliphatic carbocycles. The van der Waals surface area contributed by atoms with E-state index in [4.69, 9.17) is 0 Å². The molecule has 0 aromatic heterocycles. The Morgan fingerprint density at radius 3 is 1.10 bits per heavy atom. The molecule has 1 heteroatoms. The van der Waals surface area contributed by atoms with Crippen LogP contribution in [0.1, 0.15) is 33.4 Å². The Morgan fingerprint density at radius 2 is 0.700 bits per heavy atom. The molecule has 0 spiro atoms. The lowest BCUT2D eigenvalue weighted by molar-refractivity contribution is 0.746. The molecule has 40 heavy (non-hydrogen) atoms. The summed E-state index contributed by atoms with van der Waals surface area (Å²) in [5.74, 6) is 0. The number of benzene rings is 6. The van der Waals surface area contributed by atoms with Crippen LogP contribution in [0.5, 0.6) is 0 Å². The van der Waals surface area contributed by atoms with Crippen LogP contribution in [0, 0.1) is 13.8 Å². The van der Waals surface area contributed by atoms with E-state index in [1.165, 1.54) is 49.3 Å². The Hall–Kier alpha value is -4.25. The van der Waals surface area contributed by atoms with Crippen LogP contribution in [-0.4, -0.2) is 0 Å². The summed E-state index contributed by atoms with van der Waals surface area (Å²) in [4.78, 5) is 0. The Balaban J connectivity index is 1.65. The quantitative estimate of drug-likeness (QED) is 0.143. The van der Waals surface area contributed by atoms with Crippen molar-refractivity contribution < 1.29 is 0 Å². The second kappa shape index (κ2) is 11.5. The van der Waals surface area contributed by atoms with Crippen LogP contribution >= 0.6 is 7.92 Å². The standard InChI is InChI=1S/C39H33P/c1-30-15-12-24-36(27-30)40(37-25-13-16-31(2)28-37)38-26-14-23-35(29-38)39(32-17-6-3-7-18-32,33-19-8-4-9-20-33)34-21-10-5-11-22-34/h3-29H,1-2H3. The van der Waals surface area contributed by atoms with Crippen molar-refractivity contribution in [2.75, 3.05) is 0 Å². The molecular formula is C39H33P. The highest BCUT2D eigenvalue weighted by atomic mass is 31.1. The molecule has 0 nitrogen and oxygen atoms in total. The van der Waals surface area contributed by atoms with Gasteiger partial charge in [0.05, 0.1) is 5.41 Å². The molecule has 0 unspecified atom stereocenters. The van der Waals surface area contributed by atoms with E-state index in [0.717, 1.165) is 0 Å². The van der Waals surface area contributed by atoms with Crippen LogP contribution in [0.3, 0.4) is 0 Å². The lowest BCUT2D eigenvalue weighted by Crippen LogP contribution is -2.32. The maximum atomic E-state index is 2.48. The molecular weight excluding hydrogens is 499 g/mol. The van der Waals surface area contributed by atoms with Gasteiger partial charge in [0.25, 0.3) is 0 Å². The van der Waals surface area contributed by atoms with Gasteiger partial charge >= 0.3 is 0 Å². The van der Waals surface area contributed by atoms with E-state index >= 15 is 0 Å².